The summed E-state index contributed by atoms with van der Waals surface area (Å²) in [6, 6.07) is 56.2. The fourth-order valence-electron chi connectivity index (χ4n) is 6.65. The maximum Gasteiger partial charge on any atom is 0.179 e. The normalized spacial score (nSPS) is 12.7. The van der Waals surface area contributed by atoms with Gasteiger partial charge in [0.25, 0.3) is 0 Å². The van der Waals surface area contributed by atoms with Gasteiger partial charge in [-0.1, -0.05) is 103 Å². The molecule has 43 heavy (non-hydrogen) atoms. The van der Waals surface area contributed by atoms with Crippen molar-refractivity contribution in [2.75, 3.05) is 31.4 Å². The van der Waals surface area contributed by atoms with E-state index in [1.165, 1.54) is 53.9 Å². The summed E-state index contributed by atoms with van der Waals surface area (Å²) in [4.78, 5) is 2.17. The maximum absolute atomic E-state index is 3.31. The van der Waals surface area contributed by atoms with E-state index in [2.05, 4.69) is 181 Å². The number of anilines is 2. The molecule has 0 radical (unpaired) electrons. The Morgan fingerprint density at radius 3 is 1.70 bits per heavy atom. The third-order valence-corrected chi connectivity index (χ3v) is 13.5. The number of hydrogen-bond donors (Lipinski definition) is 1. The molecule has 0 aliphatic rings. The van der Waals surface area contributed by atoms with Crippen LogP contribution in [0.5, 0.6) is 0 Å². The molecule has 0 aliphatic heterocycles. The second kappa shape index (κ2) is 11.0. The largest absolute Gasteiger partial charge is 0.388 e. The molecular formula is C39H35N3Si. The minimum Gasteiger partial charge on any atom is -0.388 e. The van der Waals surface area contributed by atoms with E-state index in [4.69, 9.17) is 0 Å². The summed E-state index contributed by atoms with van der Waals surface area (Å²) in [5, 5.41) is 11.3. The average molecular weight is 574 g/mol. The van der Waals surface area contributed by atoms with Gasteiger partial charge in [-0.2, -0.15) is 0 Å². The molecule has 1 unspecified atom stereocenters. The fourth-order valence-corrected chi connectivity index (χ4v) is 11.4. The second-order valence-corrected chi connectivity index (χ2v) is 15.1. The first kappa shape index (κ1) is 26.8. The number of para-hydroxylation sites is 2. The zero-order chi connectivity index (χ0) is 29.4. The van der Waals surface area contributed by atoms with Crippen LogP contribution in [0, 0.1) is 0 Å². The molecule has 1 aromatic heterocycles. The lowest BCUT2D eigenvalue weighted by atomic mass is 10.1. The third-order valence-electron chi connectivity index (χ3n) is 8.75. The summed E-state index contributed by atoms with van der Waals surface area (Å²) in [5.41, 5.74) is 5.94. The molecule has 7 rings (SSSR count). The highest BCUT2D eigenvalue weighted by Crippen LogP contribution is 2.32. The monoisotopic (exact) mass is 573 g/mol. The van der Waals surface area contributed by atoms with E-state index in [1.807, 2.05) is 7.05 Å². The number of nitrogens with zero attached hydrogens (tertiary/aromatic N) is 2. The Bertz CT molecular complexity index is 2010. The van der Waals surface area contributed by atoms with Crippen LogP contribution in [0.25, 0.3) is 27.5 Å². The van der Waals surface area contributed by atoms with Gasteiger partial charge < -0.3 is 14.8 Å². The minimum absolute atomic E-state index is 1.11. The van der Waals surface area contributed by atoms with Gasteiger partial charge >= 0.3 is 0 Å². The first-order chi connectivity index (χ1) is 21.1. The molecule has 0 amide bonds. The van der Waals surface area contributed by atoms with Crippen LogP contribution in [0.1, 0.15) is 0 Å². The molecule has 3 nitrogen and oxygen atoms in total. The van der Waals surface area contributed by atoms with Crippen molar-refractivity contribution >= 4 is 62.0 Å². The zero-order valence-corrected chi connectivity index (χ0v) is 25.8. The highest BCUT2D eigenvalue weighted by molar-refractivity contribution is 7.20. The van der Waals surface area contributed by atoms with Gasteiger partial charge in [0.1, 0.15) is 0 Å². The van der Waals surface area contributed by atoms with Crippen molar-refractivity contribution in [2.24, 2.45) is 0 Å². The molecule has 0 aliphatic carbocycles. The van der Waals surface area contributed by atoms with E-state index in [9.17, 15) is 0 Å². The predicted octanol–water partition coefficient (Wildman–Crippen LogP) is 6.27. The standard InChI is InChI=1S/C39H35N3Si/c1-40-29-18-22-33(23-19-29)43(32-14-8-5-9-15-32,34-24-20-30(21-25-34)41(2)3)35-26-27-39-37(28-35)36-16-10-11-17-38(36)42(39)31-12-6-4-7-13-31/h4-28,40H,1-3H3. The molecule has 0 fully saturated rings. The third kappa shape index (κ3) is 4.43. The van der Waals surface area contributed by atoms with Crippen LogP contribution < -0.4 is 31.0 Å². The Morgan fingerprint density at radius 1 is 0.512 bits per heavy atom. The summed E-state index contributed by atoms with van der Waals surface area (Å²) in [6.07, 6.45) is 0. The van der Waals surface area contributed by atoms with E-state index in [0.717, 1.165) is 5.69 Å². The van der Waals surface area contributed by atoms with Gasteiger partial charge in [0, 0.05) is 49.0 Å². The number of nitrogens with one attached hydrogen (secondary N) is 1. The smallest absolute Gasteiger partial charge is 0.179 e. The summed E-state index contributed by atoms with van der Waals surface area (Å²) in [7, 11) is 3.46. The van der Waals surface area contributed by atoms with Crippen molar-refractivity contribution in [2.45, 2.75) is 0 Å². The van der Waals surface area contributed by atoms with Gasteiger partial charge in [0.2, 0.25) is 0 Å². The lowest BCUT2D eigenvalue weighted by molar-refractivity contribution is 1.13. The van der Waals surface area contributed by atoms with Gasteiger partial charge in [-0.3, -0.25) is 0 Å². The van der Waals surface area contributed by atoms with Gasteiger partial charge in [0.15, 0.2) is 8.07 Å². The predicted molar refractivity (Wildman–Crippen MR) is 188 cm³/mol. The van der Waals surface area contributed by atoms with Gasteiger partial charge in [-0.15, -0.1) is 0 Å². The molecule has 0 saturated heterocycles. The van der Waals surface area contributed by atoms with Crippen molar-refractivity contribution in [3.63, 3.8) is 0 Å². The molecule has 4 heteroatoms. The van der Waals surface area contributed by atoms with Crippen molar-refractivity contribution in [3.05, 3.63) is 152 Å². The van der Waals surface area contributed by atoms with E-state index in [0.29, 0.717) is 0 Å². The zero-order valence-electron chi connectivity index (χ0n) is 24.8. The second-order valence-electron chi connectivity index (χ2n) is 11.3. The molecule has 210 valence electrons. The van der Waals surface area contributed by atoms with Crippen LogP contribution in [0.15, 0.2) is 152 Å². The maximum atomic E-state index is 3.31. The van der Waals surface area contributed by atoms with E-state index in [-0.39, 0.29) is 0 Å². The molecule has 6 aromatic carbocycles. The van der Waals surface area contributed by atoms with E-state index < -0.39 is 8.07 Å². The number of aromatic nitrogens is 1. The molecule has 0 saturated carbocycles. The molecule has 0 bridgehead atoms. The first-order valence-corrected chi connectivity index (χ1v) is 16.8. The Labute approximate surface area is 254 Å². The number of rotatable bonds is 7. The average Bonchev–Trinajstić information content (AvgIpc) is 3.40. The Morgan fingerprint density at radius 2 is 1.05 bits per heavy atom. The van der Waals surface area contributed by atoms with E-state index in [1.54, 1.807) is 0 Å². The first-order valence-electron chi connectivity index (χ1n) is 14.8. The SMILES string of the molecule is CNc1ccc([Si](c2ccccc2)(c2ccc(N(C)C)cc2)c2ccc3c(c2)c2ccccc2n3-c2ccccc2)cc1. The molecule has 1 N–H and O–H groups in total. The van der Waals surface area contributed by atoms with Crippen LogP contribution in [-0.2, 0) is 0 Å². The molecule has 1 atom stereocenters. The van der Waals surface area contributed by atoms with Gasteiger partial charge in [0.05, 0.1) is 11.0 Å². The topological polar surface area (TPSA) is 20.2 Å². The summed E-state index contributed by atoms with van der Waals surface area (Å²) in [6.45, 7) is 0. The molecule has 1 heterocycles. The van der Waals surface area contributed by atoms with Crippen LogP contribution in [0.4, 0.5) is 11.4 Å². The number of benzene rings is 6. The molecule has 0 spiro atoms. The Hall–Kier alpha value is -5.06. The van der Waals surface area contributed by atoms with Crippen molar-refractivity contribution in [3.8, 4) is 5.69 Å². The van der Waals surface area contributed by atoms with Gasteiger partial charge in [-0.05, 0) is 69.3 Å². The summed E-state index contributed by atoms with van der Waals surface area (Å²) >= 11 is 0. The minimum atomic E-state index is -2.72. The Kier molecular flexibility index (Phi) is 6.84. The molecule has 7 aromatic rings. The highest BCUT2D eigenvalue weighted by atomic mass is 28.3. The van der Waals surface area contributed by atoms with Crippen molar-refractivity contribution < 1.29 is 0 Å². The number of hydrogen-bond acceptors (Lipinski definition) is 2. The number of fused-ring (bicyclic) bond motifs is 3. The quantitative estimate of drug-likeness (QED) is 0.179. The Balaban J connectivity index is 1.58. The lowest BCUT2D eigenvalue weighted by Crippen LogP contribution is -2.74. The van der Waals surface area contributed by atoms with Crippen LogP contribution in [-0.4, -0.2) is 33.8 Å². The summed E-state index contributed by atoms with van der Waals surface area (Å²) < 4.78 is 2.40. The molecular weight excluding hydrogens is 539 g/mol. The fraction of sp³-hybridized carbons (Fsp3) is 0.0769. The lowest BCUT2D eigenvalue weighted by Gasteiger charge is -2.35. The van der Waals surface area contributed by atoms with Gasteiger partial charge in [-0.25, -0.2) is 0 Å². The highest BCUT2D eigenvalue weighted by Gasteiger charge is 2.41. The summed E-state index contributed by atoms with van der Waals surface area (Å²) in [5.74, 6) is 0. The van der Waals surface area contributed by atoms with Crippen molar-refractivity contribution in [1.82, 2.24) is 4.57 Å². The van der Waals surface area contributed by atoms with E-state index >= 15 is 0 Å². The van der Waals surface area contributed by atoms with Crippen LogP contribution >= 0.6 is 0 Å². The van der Waals surface area contributed by atoms with Crippen LogP contribution in [0.3, 0.4) is 0 Å². The van der Waals surface area contributed by atoms with Crippen molar-refractivity contribution in [1.29, 1.82) is 0 Å². The van der Waals surface area contributed by atoms with Crippen LogP contribution in [0.2, 0.25) is 0 Å².